The average Bonchev–Trinajstić information content (AvgIpc) is 3.24. The number of thioether (sulfide) groups is 3. The van der Waals surface area contributed by atoms with Gasteiger partial charge >= 0.3 is 0 Å². The number of hydrogen-bond acceptors (Lipinski definition) is 4. The molecule has 1 unspecified atom stereocenters. The Morgan fingerprint density at radius 3 is 2.70 bits per heavy atom. The zero-order valence-electron chi connectivity index (χ0n) is 12.5. The summed E-state index contributed by atoms with van der Waals surface area (Å²) < 4.78 is 0.511. The predicted molar refractivity (Wildman–Crippen MR) is 103 cm³/mol. The lowest BCUT2D eigenvalue weighted by molar-refractivity contribution is -0.115. The van der Waals surface area contributed by atoms with E-state index in [1.807, 2.05) is 47.8 Å². The van der Waals surface area contributed by atoms with Crippen molar-refractivity contribution in [2.75, 3.05) is 16.8 Å². The standard InChI is InChI=1S/C18H17NOS3/c20-17(16-11-12-4-1-2-7-15(12)23-16)19-14-6-3-5-13(10-14)18-21-8-9-22-18/h1-7,10,16,18H,8-9,11H2,(H,19,20). The largest absolute Gasteiger partial charge is 0.325 e. The first kappa shape index (κ1) is 15.5. The van der Waals surface area contributed by atoms with Crippen LogP contribution in [0.15, 0.2) is 53.4 Å². The summed E-state index contributed by atoms with van der Waals surface area (Å²) in [5.41, 5.74) is 3.50. The Morgan fingerprint density at radius 2 is 1.87 bits per heavy atom. The summed E-state index contributed by atoms with van der Waals surface area (Å²) >= 11 is 5.64. The van der Waals surface area contributed by atoms with Gasteiger partial charge in [0.25, 0.3) is 0 Å². The molecular formula is C18H17NOS3. The summed E-state index contributed by atoms with van der Waals surface area (Å²) in [5, 5.41) is 3.08. The van der Waals surface area contributed by atoms with E-state index >= 15 is 0 Å². The van der Waals surface area contributed by atoms with E-state index in [9.17, 15) is 4.79 Å². The molecule has 0 saturated carbocycles. The van der Waals surface area contributed by atoms with E-state index in [1.54, 1.807) is 11.8 Å². The highest BCUT2D eigenvalue weighted by molar-refractivity contribution is 8.19. The molecule has 0 aromatic heterocycles. The molecule has 2 aliphatic rings. The fraction of sp³-hybridized carbons (Fsp3) is 0.278. The SMILES string of the molecule is O=C(Nc1cccc(C2SCCS2)c1)C1Cc2ccccc2S1. The molecule has 4 rings (SSSR count). The zero-order valence-corrected chi connectivity index (χ0v) is 15.0. The van der Waals surface area contributed by atoms with Crippen LogP contribution in [-0.4, -0.2) is 22.7 Å². The van der Waals surface area contributed by atoms with Gasteiger partial charge in [-0.25, -0.2) is 0 Å². The van der Waals surface area contributed by atoms with Gasteiger partial charge in [0.15, 0.2) is 0 Å². The van der Waals surface area contributed by atoms with Gasteiger partial charge < -0.3 is 5.32 Å². The second-order valence-electron chi connectivity index (χ2n) is 5.61. The van der Waals surface area contributed by atoms with E-state index in [0.717, 1.165) is 12.1 Å². The molecule has 5 heteroatoms. The lowest BCUT2D eigenvalue weighted by Gasteiger charge is -2.13. The zero-order chi connectivity index (χ0) is 15.6. The monoisotopic (exact) mass is 359 g/mol. The minimum absolute atomic E-state index is 0.0220. The number of benzene rings is 2. The summed E-state index contributed by atoms with van der Waals surface area (Å²) in [7, 11) is 0. The quantitative estimate of drug-likeness (QED) is 0.851. The number of anilines is 1. The fourth-order valence-corrected chi connectivity index (χ4v) is 6.90. The maximum absolute atomic E-state index is 12.6. The third-order valence-corrected chi connectivity index (χ3v) is 8.41. The summed E-state index contributed by atoms with van der Waals surface area (Å²) in [4.78, 5) is 13.8. The maximum atomic E-state index is 12.6. The Labute approximate surface area is 149 Å². The second-order valence-corrected chi connectivity index (χ2v) is 9.58. The van der Waals surface area contributed by atoms with Crippen molar-refractivity contribution in [2.45, 2.75) is 21.1 Å². The molecule has 118 valence electrons. The van der Waals surface area contributed by atoms with Crippen LogP contribution in [0.5, 0.6) is 0 Å². The first-order chi connectivity index (χ1) is 11.3. The lowest BCUT2D eigenvalue weighted by Crippen LogP contribution is -2.24. The van der Waals surface area contributed by atoms with Crippen LogP contribution < -0.4 is 5.32 Å². The average molecular weight is 360 g/mol. The summed E-state index contributed by atoms with van der Waals surface area (Å²) in [5.74, 6) is 2.53. The minimum atomic E-state index is -0.0220. The van der Waals surface area contributed by atoms with Gasteiger partial charge in [-0.15, -0.1) is 35.3 Å². The molecule has 1 saturated heterocycles. The van der Waals surface area contributed by atoms with Crippen molar-refractivity contribution in [2.24, 2.45) is 0 Å². The number of amides is 1. The first-order valence-electron chi connectivity index (χ1n) is 7.68. The molecule has 1 fully saturated rings. The van der Waals surface area contributed by atoms with E-state index in [-0.39, 0.29) is 11.2 Å². The van der Waals surface area contributed by atoms with Crippen molar-refractivity contribution in [3.8, 4) is 0 Å². The van der Waals surface area contributed by atoms with E-state index in [1.165, 1.54) is 27.5 Å². The highest BCUT2D eigenvalue weighted by Crippen LogP contribution is 2.45. The van der Waals surface area contributed by atoms with Crippen molar-refractivity contribution in [3.05, 3.63) is 59.7 Å². The number of nitrogens with one attached hydrogen (secondary N) is 1. The van der Waals surface area contributed by atoms with Crippen LogP contribution in [0.1, 0.15) is 15.7 Å². The fourth-order valence-electron chi connectivity index (χ4n) is 2.86. The molecule has 23 heavy (non-hydrogen) atoms. The molecular weight excluding hydrogens is 342 g/mol. The van der Waals surface area contributed by atoms with Crippen molar-refractivity contribution in [1.29, 1.82) is 0 Å². The van der Waals surface area contributed by atoms with Crippen molar-refractivity contribution in [1.82, 2.24) is 0 Å². The number of carbonyl (C=O) groups is 1. The molecule has 0 radical (unpaired) electrons. The van der Waals surface area contributed by atoms with Gasteiger partial charge in [0.05, 0.1) is 9.83 Å². The molecule has 0 bridgehead atoms. The minimum Gasteiger partial charge on any atom is -0.325 e. The molecule has 1 amide bonds. The van der Waals surface area contributed by atoms with E-state index in [4.69, 9.17) is 0 Å². The van der Waals surface area contributed by atoms with Gasteiger partial charge in [0.2, 0.25) is 5.91 Å². The maximum Gasteiger partial charge on any atom is 0.238 e. The predicted octanol–water partition coefficient (Wildman–Crippen LogP) is 4.82. The summed E-state index contributed by atoms with van der Waals surface area (Å²) in [6, 6.07) is 16.6. The van der Waals surface area contributed by atoms with E-state index in [0.29, 0.717) is 4.58 Å². The van der Waals surface area contributed by atoms with Crippen molar-refractivity contribution >= 4 is 46.9 Å². The molecule has 1 atom stereocenters. The van der Waals surface area contributed by atoms with Crippen LogP contribution in [0.4, 0.5) is 5.69 Å². The Hall–Kier alpha value is -1.04. The van der Waals surface area contributed by atoms with E-state index < -0.39 is 0 Å². The molecule has 0 aliphatic carbocycles. The second kappa shape index (κ2) is 6.83. The molecule has 1 N–H and O–H groups in total. The molecule has 0 spiro atoms. The molecule has 2 nitrogen and oxygen atoms in total. The van der Waals surface area contributed by atoms with Crippen LogP contribution >= 0.6 is 35.3 Å². The van der Waals surface area contributed by atoms with Crippen LogP contribution in [0.2, 0.25) is 0 Å². The van der Waals surface area contributed by atoms with Gasteiger partial charge in [-0.05, 0) is 35.7 Å². The van der Waals surface area contributed by atoms with Gasteiger partial charge in [0.1, 0.15) is 0 Å². The smallest absolute Gasteiger partial charge is 0.238 e. The molecule has 2 heterocycles. The van der Waals surface area contributed by atoms with Gasteiger partial charge in [-0.1, -0.05) is 30.3 Å². The van der Waals surface area contributed by atoms with Crippen LogP contribution in [0, 0.1) is 0 Å². The van der Waals surface area contributed by atoms with Gasteiger partial charge in [-0.2, -0.15) is 0 Å². The molecule has 2 aromatic rings. The molecule has 2 aliphatic heterocycles. The highest BCUT2D eigenvalue weighted by Gasteiger charge is 2.28. The van der Waals surface area contributed by atoms with Crippen LogP contribution in [0.3, 0.4) is 0 Å². The Bertz CT molecular complexity index is 703. The highest BCUT2D eigenvalue weighted by atomic mass is 32.2. The molecule has 2 aromatic carbocycles. The van der Waals surface area contributed by atoms with Crippen molar-refractivity contribution < 1.29 is 4.79 Å². The Morgan fingerprint density at radius 1 is 1.04 bits per heavy atom. The van der Waals surface area contributed by atoms with Crippen LogP contribution in [-0.2, 0) is 11.2 Å². The third kappa shape index (κ3) is 3.42. The van der Waals surface area contributed by atoms with Crippen molar-refractivity contribution in [3.63, 3.8) is 0 Å². The lowest BCUT2D eigenvalue weighted by atomic mass is 10.1. The summed E-state index contributed by atoms with van der Waals surface area (Å²) in [6.45, 7) is 0. The van der Waals surface area contributed by atoms with Gasteiger partial charge in [0, 0.05) is 22.1 Å². The normalized spacial score (nSPS) is 20.4. The number of fused-ring (bicyclic) bond motifs is 1. The van der Waals surface area contributed by atoms with E-state index in [2.05, 4.69) is 29.6 Å². The number of rotatable bonds is 3. The Balaban J connectivity index is 1.44. The topological polar surface area (TPSA) is 29.1 Å². The Kier molecular flexibility index (Phi) is 4.60. The third-order valence-electron chi connectivity index (χ3n) is 3.99. The van der Waals surface area contributed by atoms with Gasteiger partial charge in [-0.3, -0.25) is 4.79 Å². The summed E-state index contributed by atoms with van der Waals surface area (Å²) in [6.07, 6.45) is 0.820. The van der Waals surface area contributed by atoms with Crippen LogP contribution in [0.25, 0.3) is 0 Å². The number of carbonyl (C=O) groups excluding carboxylic acids is 1. The first-order valence-corrected chi connectivity index (χ1v) is 10.7. The number of hydrogen-bond donors (Lipinski definition) is 1.